The van der Waals surface area contributed by atoms with Crippen molar-refractivity contribution in [3.05, 3.63) is 70.8 Å². The maximum Gasteiger partial charge on any atom is 0.293 e. The number of carbonyl (C=O) groups is 2. The lowest BCUT2D eigenvalue weighted by Gasteiger charge is -2.31. The van der Waals surface area contributed by atoms with E-state index in [9.17, 15) is 18.4 Å². The summed E-state index contributed by atoms with van der Waals surface area (Å²) in [6.45, 7) is 1.52. The van der Waals surface area contributed by atoms with E-state index in [1.54, 1.807) is 36.4 Å². The van der Waals surface area contributed by atoms with E-state index < -0.39 is 24.5 Å². The number of aryl methyl sites for hydroxylation is 1. The molecule has 0 spiro atoms. The highest BCUT2D eigenvalue weighted by Gasteiger charge is 2.46. The van der Waals surface area contributed by atoms with Gasteiger partial charge in [0.15, 0.2) is 0 Å². The molecule has 2 heterocycles. The summed E-state index contributed by atoms with van der Waals surface area (Å²) in [4.78, 5) is 24.5. The van der Waals surface area contributed by atoms with Crippen molar-refractivity contribution in [2.24, 2.45) is 5.73 Å². The number of benzene rings is 2. The molecule has 1 atom stereocenters. The van der Waals surface area contributed by atoms with Crippen LogP contribution in [0.3, 0.4) is 0 Å². The summed E-state index contributed by atoms with van der Waals surface area (Å²) in [5.41, 5.74) is 14.3. The van der Waals surface area contributed by atoms with E-state index in [1.807, 2.05) is 19.1 Å². The standard InChI is InChI=1S/C24H25F2N5O3/c1-14-4-2-3-5-17(14)23(33)29-12-15-6-8-16(9-7-15)20-19(22(28)32)21(27)31(30-20)18-10-11-34-13-24(18,25)26/h2-9,18H,10-13,27H2,1H3,(H2,28,32)(H,29,33). The van der Waals surface area contributed by atoms with Gasteiger partial charge in [0, 0.05) is 24.3 Å². The Hall–Kier alpha value is -3.79. The van der Waals surface area contributed by atoms with Crippen molar-refractivity contribution >= 4 is 17.6 Å². The van der Waals surface area contributed by atoms with Crippen LogP contribution in [0.2, 0.25) is 0 Å². The van der Waals surface area contributed by atoms with Gasteiger partial charge in [-0.25, -0.2) is 13.5 Å². The number of ether oxygens (including phenoxy) is 1. The number of nitrogens with zero attached hydrogens (tertiary/aromatic N) is 2. The third kappa shape index (κ3) is 4.49. The zero-order chi connectivity index (χ0) is 24.5. The number of rotatable bonds is 6. The van der Waals surface area contributed by atoms with Crippen LogP contribution in [0, 0.1) is 6.92 Å². The summed E-state index contributed by atoms with van der Waals surface area (Å²) in [6.07, 6.45) is -0.00392. The molecule has 10 heteroatoms. The molecule has 0 aliphatic carbocycles. The second kappa shape index (κ2) is 9.22. The van der Waals surface area contributed by atoms with Crippen LogP contribution in [0.15, 0.2) is 48.5 Å². The van der Waals surface area contributed by atoms with Gasteiger partial charge in [-0.2, -0.15) is 5.10 Å². The number of hydrogen-bond donors (Lipinski definition) is 3. The second-order valence-corrected chi connectivity index (χ2v) is 8.23. The normalized spacial score (nSPS) is 17.3. The molecular weight excluding hydrogens is 444 g/mol. The zero-order valence-electron chi connectivity index (χ0n) is 18.6. The molecule has 8 nitrogen and oxygen atoms in total. The smallest absolute Gasteiger partial charge is 0.293 e. The number of alkyl halides is 2. The van der Waals surface area contributed by atoms with Gasteiger partial charge in [0.1, 0.15) is 29.7 Å². The van der Waals surface area contributed by atoms with Crippen LogP contribution >= 0.6 is 0 Å². The lowest BCUT2D eigenvalue weighted by atomic mass is 10.0. The van der Waals surface area contributed by atoms with Gasteiger partial charge >= 0.3 is 0 Å². The lowest BCUT2D eigenvalue weighted by Crippen LogP contribution is -2.41. The van der Waals surface area contributed by atoms with E-state index in [0.717, 1.165) is 15.8 Å². The topological polar surface area (TPSA) is 125 Å². The van der Waals surface area contributed by atoms with E-state index in [0.29, 0.717) is 11.1 Å². The molecule has 1 aliphatic heterocycles. The highest BCUT2D eigenvalue weighted by molar-refractivity contribution is 6.03. The monoisotopic (exact) mass is 469 g/mol. The summed E-state index contributed by atoms with van der Waals surface area (Å²) in [6, 6.07) is 12.8. The fraction of sp³-hybridized carbons (Fsp3) is 0.292. The maximum absolute atomic E-state index is 14.4. The fourth-order valence-electron chi connectivity index (χ4n) is 4.03. The predicted molar refractivity (Wildman–Crippen MR) is 122 cm³/mol. The largest absolute Gasteiger partial charge is 0.383 e. The van der Waals surface area contributed by atoms with Crippen molar-refractivity contribution in [2.45, 2.75) is 31.9 Å². The summed E-state index contributed by atoms with van der Waals surface area (Å²) in [5.74, 6) is -4.45. The molecule has 1 unspecified atom stereocenters. The first-order valence-electron chi connectivity index (χ1n) is 10.8. The van der Waals surface area contributed by atoms with Crippen LogP contribution in [0.1, 0.15) is 44.3 Å². The van der Waals surface area contributed by atoms with Crippen molar-refractivity contribution in [1.82, 2.24) is 15.1 Å². The Morgan fingerprint density at radius 3 is 2.56 bits per heavy atom. The van der Waals surface area contributed by atoms with Gasteiger partial charge < -0.3 is 21.5 Å². The van der Waals surface area contributed by atoms with Crippen molar-refractivity contribution in [3.8, 4) is 11.3 Å². The Bertz CT molecular complexity index is 1220. The molecule has 0 saturated carbocycles. The van der Waals surface area contributed by atoms with Gasteiger partial charge in [-0.05, 0) is 30.5 Å². The van der Waals surface area contributed by atoms with Gasteiger partial charge in [-0.1, -0.05) is 42.5 Å². The first-order chi connectivity index (χ1) is 16.2. The number of nitrogens with two attached hydrogens (primary N) is 2. The van der Waals surface area contributed by atoms with Crippen LogP contribution in [-0.2, 0) is 11.3 Å². The molecule has 34 heavy (non-hydrogen) atoms. The number of hydrogen-bond acceptors (Lipinski definition) is 5. The number of nitrogens with one attached hydrogen (secondary N) is 1. The van der Waals surface area contributed by atoms with Crippen LogP contribution in [0.25, 0.3) is 11.3 Å². The predicted octanol–water partition coefficient (Wildman–Crippen LogP) is 3.07. The van der Waals surface area contributed by atoms with Crippen LogP contribution in [0.4, 0.5) is 14.6 Å². The van der Waals surface area contributed by atoms with Crippen molar-refractivity contribution in [3.63, 3.8) is 0 Å². The van der Waals surface area contributed by atoms with Crippen LogP contribution in [-0.4, -0.2) is 40.7 Å². The Labute approximate surface area is 194 Å². The van der Waals surface area contributed by atoms with E-state index in [2.05, 4.69) is 10.4 Å². The number of carbonyl (C=O) groups excluding carboxylic acids is 2. The third-order valence-electron chi connectivity index (χ3n) is 5.88. The van der Waals surface area contributed by atoms with Crippen molar-refractivity contribution in [1.29, 1.82) is 0 Å². The molecule has 5 N–H and O–H groups in total. The SMILES string of the molecule is Cc1ccccc1C(=O)NCc1ccc(-c2nn(C3CCOCC3(F)F)c(N)c2C(N)=O)cc1. The molecule has 1 fully saturated rings. The summed E-state index contributed by atoms with van der Waals surface area (Å²) >= 11 is 0. The lowest BCUT2D eigenvalue weighted by molar-refractivity contribution is -0.149. The summed E-state index contributed by atoms with van der Waals surface area (Å²) in [7, 11) is 0. The van der Waals surface area contributed by atoms with Gasteiger partial charge in [0.2, 0.25) is 0 Å². The quantitative estimate of drug-likeness (QED) is 0.512. The van der Waals surface area contributed by atoms with E-state index >= 15 is 0 Å². The van der Waals surface area contributed by atoms with Gasteiger partial charge in [-0.3, -0.25) is 9.59 Å². The molecule has 0 bridgehead atoms. The first-order valence-corrected chi connectivity index (χ1v) is 10.8. The van der Waals surface area contributed by atoms with Crippen molar-refractivity contribution < 1.29 is 23.1 Å². The van der Waals surface area contributed by atoms with E-state index in [4.69, 9.17) is 16.2 Å². The van der Waals surface area contributed by atoms with Crippen LogP contribution in [0.5, 0.6) is 0 Å². The van der Waals surface area contributed by atoms with Crippen molar-refractivity contribution in [2.75, 3.05) is 18.9 Å². The number of aromatic nitrogens is 2. The highest BCUT2D eigenvalue weighted by Crippen LogP contribution is 2.39. The Morgan fingerprint density at radius 2 is 1.91 bits per heavy atom. The van der Waals surface area contributed by atoms with E-state index in [1.165, 1.54) is 0 Å². The third-order valence-corrected chi connectivity index (χ3v) is 5.88. The first kappa shape index (κ1) is 23.4. The molecule has 1 saturated heterocycles. The fourth-order valence-corrected chi connectivity index (χ4v) is 4.03. The Morgan fingerprint density at radius 1 is 1.21 bits per heavy atom. The summed E-state index contributed by atoms with van der Waals surface area (Å²) in [5, 5.41) is 7.12. The zero-order valence-corrected chi connectivity index (χ0v) is 18.6. The molecule has 4 rings (SSSR count). The minimum atomic E-state index is -3.19. The highest BCUT2D eigenvalue weighted by atomic mass is 19.3. The molecule has 1 aliphatic rings. The average molecular weight is 469 g/mol. The molecular formula is C24H25F2N5O3. The second-order valence-electron chi connectivity index (χ2n) is 8.23. The minimum absolute atomic E-state index is 0.00392. The average Bonchev–Trinajstić information content (AvgIpc) is 3.14. The summed E-state index contributed by atoms with van der Waals surface area (Å²) < 4.78 is 34.7. The maximum atomic E-state index is 14.4. The minimum Gasteiger partial charge on any atom is -0.383 e. The Balaban J connectivity index is 1.57. The van der Waals surface area contributed by atoms with Gasteiger partial charge in [-0.15, -0.1) is 0 Å². The molecule has 178 valence electrons. The number of halogens is 2. The number of amides is 2. The molecule has 2 aromatic carbocycles. The number of anilines is 1. The Kier molecular flexibility index (Phi) is 6.34. The van der Waals surface area contributed by atoms with Gasteiger partial charge in [0.25, 0.3) is 17.7 Å². The van der Waals surface area contributed by atoms with E-state index in [-0.39, 0.29) is 42.6 Å². The van der Waals surface area contributed by atoms with Crippen LogP contribution < -0.4 is 16.8 Å². The molecule has 2 amide bonds. The molecule has 1 aromatic heterocycles. The molecule has 3 aromatic rings. The number of nitrogen functional groups attached to an aromatic ring is 1. The molecule has 0 radical (unpaired) electrons. The van der Waals surface area contributed by atoms with Gasteiger partial charge in [0.05, 0.1) is 0 Å². The number of primary amides is 1.